The second kappa shape index (κ2) is 10.9. The van der Waals surface area contributed by atoms with Crippen LogP contribution in [0.25, 0.3) is 22.0 Å². The number of ether oxygens (including phenoxy) is 1. The molecule has 0 aliphatic carbocycles. The number of nitrogens with zero attached hydrogens (tertiary/aromatic N) is 1. The molecule has 35 heavy (non-hydrogen) atoms. The zero-order valence-electron chi connectivity index (χ0n) is 20.5. The highest BCUT2D eigenvalue weighted by atomic mass is 32.2. The fourth-order valence-corrected chi connectivity index (χ4v) is 6.20. The number of aromatic amines is 1. The Morgan fingerprint density at radius 1 is 1.14 bits per heavy atom. The van der Waals surface area contributed by atoms with Crippen molar-refractivity contribution >= 4 is 26.8 Å². The van der Waals surface area contributed by atoms with Crippen molar-refractivity contribution in [1.29, 1.82) is 0 Å². The standard InChI is InChI=1S/C27H35N3O4S/c1-19(2)18-34-12-13-35(32,33)30-10-8-21(9-11-30)25-17-29-27-23(16-26(28)31)14-22(15-24(25)27)20-6-4-3-5-7-20/h3-7,14-15,17,19,21,29H,8-13,16,18H2,1-2H3,(H2,28,31). The largest absolute Gasteiger partial charge is 0.380 e. The average molecular weight is 498 g/mol. The molecule has 188 valence electrons. The van der Waals surface area contributed by atoms with Crippen LogP contribution in [-0.2, 0) is 26.0 Å². The van der Waals surface area contributed by atoms with Crippen molar-refractivity contribution in [3.05, 3.63) is 59.8 Å². The average Bonchev–Trinajstić information content (AvgIpc) is 3.26. The Hall–Kier alpha value is -2.68. The molecule has 0 saturated carbocycles. The summed E-state index contributed by atoms with van der Waals surface area (Å²) in [5, 5.41) is 1.07. The highest BCUT2D eigenvalue weighted by molar-refractivity contribution is 7.89. The Labute approximate surface area is 207 Å². The lowest BCUT2D eigenvalue weighted by molar-refractivity contribution is -0.117. The molecule has 0 atom stereocenters. The second-order valence-corrected chi connectivity index (χ2v) is 11.9. The number of carbonyl (C=O) groups is 1. The number of hydrogen-bond donors (Lipinski definition) is 2. The highest BCUT2D eigenvalue weighted by Gasteiger charge is 2.30. The molecule has 3 N–H and O–H groups in total. The molecular weight excluding hydrogens is 462 g/mol. The second-order valence-electron chi connectivity index (χ2n) is 9.77. The molecule has 1 amide bonds. The molecule has 8 heteroatoms. The van der Waals surface area contributed by atoms with E-state index in [1.165, 1.54) is 5.56 Å². The van der Waals surface area contributed by atoms with E-state index in [1.54, 1.807) is 4.31 Å². The number of benzene rings is 2. The van der Waals surface area contributed by atoms with Crippen LogP contribution in [0.2, 0.25) is 0 Å². The summed E-state index contributed by atoms with van der Waals surface area (Å²) in [6.07, 6.45) is 3.67. The Kier molecular flexibility index (Phi) is 7.94. The summed E-state index contributed by atoms with van der Waals surface area (Å²) in [4.78, 5) is 15.1. The van der Waals surface area contributed by atoms with E-state index in [4.69, 9.17) is 10.5 Å². The van der Waals surface area contributed by atoms with Crippen LogP contribution in [0.3, 0.4) is 0 Å². The molecule has 7 nitrogen and oxygen atoms in total. The van der Waals surface area contributed by atoms with Gasteiger partial charge in [0.2, 0.25) is 15.9 Å². The molecule has 3 aromatic rings. The van der Waals surface area contributed by atoms with Crippen LogP contribution in [0.15, 0.2) is 48.7 Å². The van der Waals surface area contributed by atoms with E-state index < -0.39 is 10.0 Å². The van der Waals surface area contributed by atoms with E-state index >= 15 is 0 Å². The van der Waals surface area contributed by atoms with E-state index in [9.17, 15) is 13.2 Å². The molecule has 1 aliphatic heterocycles. The minimum Gasteiger partial charge on any atom is -0.380 e. The van der Waals surface area contributed by atoms with Gasteiger partial charge < -0.3 is 15.5 Å². The number of nitrogens with one attached hydrogen (secondary N) is 1. The van der Waals surface area contributed by atoms with Gasteiger partial charge in [0.15, 0.2) is 0 Å². The highest BCUT2D eigenvalue weighted by Crippen LogP contribution is 2.37. The molecule has 0 radical (unpaired) electrons. The Morgan fingerprint density at radius 3 is 2.51 bits per heavy atom. The minimum atomic E-state index is -3.33. The molecule has 0 bridgehead atoms. The topological polar surface area (TPSA) is 105 Å². The van der Waals surface area contributed by atoms with Crippen molar-refractivity contribution in [3.63, 3.8) is 0 Å². The first-order valence-electron chi connectivity index (χ1n) is 12.3. The third kappa shape index (κ3) is 6.12. The summed E-state index contributed by atoms with van der Waals surface area (Å²) < 4.78 is 32.7. The van der Waals surface area contributed by atoms with Gasteiger partial charge >= 0.3 is 0 Å². The lowest BCUT2D eigenvalue weighted by atomic mass is 9.88. The smallest absolute Gasteiger partial charge is 0.221 e. The molecule has 1 fully saturated rings. The summed E-state index contributed by atoms with van der Waals surface area (Å²) in [5.74, 6) is 0.271. The third-order valence-electron chi connectivity index (χ3n) is 6.60. The first-order chi connectivity index (χ1) is 16.7. The minimum absolute atomic E-state index is 0.0222. The number of H-pyrrole nitrogens is 1. The summed E-state index contributed by atoms with van der Waals surface area (Å²) in [6.45, 7) is 5.88. The van der Waals surface area contributed by atoms with Crippen LogP contribution >= 0.6 is 0 Å². The fourth-order valence-electron chi connectivity index (χ4n) is 4.85. The first-order valence-corrected chi connectivity index (χ1v) is 13.9. The molecule has 4 rings (SSSR count). The number of aromatic nitrogens is 1. The van der Waals surface area contributed by atoms with E-state index in [-0.39, 0.29) is 30.6 Å². The number of sulfonamides is 1. The van der Waals surface area contributed by atoms with Gasteiger partial charge in [-0.1, -0.05) is 44.2 Å². The lowest BCUT2D eigenvalue weighted by Crippen LogP contribution is -2.40. The van der Waals surface area contributed by atoms with E-state index in [0.717, 1.165) is 40.4 Å². The maximum Gasteiger partial charge on any atom is 0.221 e. The SMILES string of the molecule is CC(C)COCCS(=O)(=O)N1CCC(c2c[nH]c3c(CC(N)=O)cc(-c4ccccc4)cc23)CC1. The van der Waals surface area contributed by atoms with Gasteiger partial charge in [0.1, 0.15) is 0 Å². The molecule has 1 saturated heterocycles. The predicted molar refractivity (Wildman–Crippen MR) is 140 cm³/mol. The van der Waals surface area contributed by atoms with Crippen molar-refractivity contribution in [2.45, 2.75) is 39.0 Å². The monoisotopic (exact) mass is 497 g/mol. The third-order valence-corrected chi connectivity index (χ3v) is 8.43. The molecule has 2 aromatic carbocycles. The summed E-state index contributed by atoms with van der Waals surface area (Å²) in [7, 11) is -3.33. The van der Waals surface area contributed by atoms with Crippen LogP contribution in [0, 0.1) is 5.92 Å². The Morgan fingerprint density at radius 2 is 1.86 bits per heavy atom. The van der Waals surface area contributed by atoms with Gasteiger partial charge in [0.05, 0.1) is 18.8 Å². The predicted octanol–water partition coefficient (Wildman–Crippen LogP) is 4.04. The summed E-state index contributed by atoms with van der Waals surface area (Å²) in [6, 6.07) is 14.3. The fraction of sp³-hybridized carbons (Fsp3) is 0.444. The van der Waals surface area contributed by atoms with Crippen molar-refractivity contribution < 1.29 is 17.9 Å². The molecule has 0 spiro atoms. The number of hydrogen-bond acceptors (Lipinski definition) is 4. The Bertz CT molecular complexity index is 1260. The van der Waals surface area contributed by atoms with E-state index in [0.29, 0.717) is 25.6 Å². The van der Waals surface area contributed by atoms with Gasteiger partial charge in [-0.2, -0.15) is 0 Å². The van der Waals surface area contributed by atoms with Crippen molar-refractivity contribution in [3.8, 4) is 11.1 Å². The van der Waals surface area contributed by atoms with Gasteiger partial charge in [-0.25, -0.2) is 12.7 Å². The number of amides is 1. The first kappa shape index (κ1) is 25.4. The maximum atomic E-state index is 12.8. The maximum absolute atomic E-state index is 12.8. The van der Waals surface area contributed by atoms with Crippen LogP contribution in [0.5, 0.6) is 0 Å². The number of rotatable bonds is 10. The van der Waals surface area contributed by atoms with Gasteiger partial charge in [-0.05, 0) is 59.1 Å². The molecule has 1 aliphatic rings. The quantitative estimate of drug-likeness (QED) is 0.412. The van der Waals surface area contributed by atoms with E-state index in [1.807, 2.05) is 44.3 Å². The van der Waals surface area contributed by atoms with Crippen LogP contribution in [-0.4, -0.2) is 55.7 Å². The van der Waals surface area contributed by atoms with Crippen molar-refractivity contribution in [2.75, 3.05) is 32.1 Å². The normalized spacial score (nSPS) is 15.7. The number of nitrogens with two attached hydrogens (primary N) is 1. The van der Waals surface area contributed by atoms with Gasteiger partial charge in [0.25, 0.3) is 0 Å². The number of piperidine rings is 1. The van der Waals surface area contributed by atoms with Crippen molar-refractivity contribution in [2.24, 2.45) is 11.7 Å². The van der Waals surface area contributed by atoms with Crippen molar-refractivity contribution in [1.82, 2.24) is 9.29 Å². The Balaban J connectivity index is 1.53. The van der Waals surface area contributed by atoms with Crippen LogP contribution < -0.4 is 5.73 Å². The van der Waals surface area contributed by atoms with Gasteiger partial charge in [0, 0.05) is 36.8 Å². The molecular formula is C27H35N3O4S. The number of primary amides is 1. The number of fused-ring (bicyclic) bond motifs is 1. The van der Waals surface area contributed by atoms with Crippen LogP contribution in [0.4, 0.5) is 0 Å². The molecule has 0 unspecified atom stereocenters. The molecule has 1 aromatic heterocycles. The van der Waals surface area contributed by atoms with Gasteiger partial charge in [-0.15, -0.1) is 0 Å². The number of carbonyl (C=O) groups excluding carboxylic acids is 1. The lowest BCUT2D eigenvalue weighted by Gasteiger charge is -2.31. The zero-order chi connectivity index (χ0) is 25.0. The van der Waals surface area contributed by atoms with E-state index in [2.05, 4.69) is 23.2 Å². The summed E-state index contributed by atoms with van der Waals surface area (Å²) >= 11 is 0. The molecule has 2 heterocycles. The summed E-state index contributed by atoms with van der Waals surface area (Å²) in [5.41, 5.74) is 10.6. The van der Waals surface area contributed by atoms with Gasteiger partial charge in [-0.3, -0.25) is 4.79 Å². The van der Waals surface area contributed by atoms with Crippen LogP contribution in [0.1, 0.15) is 43.7 Å². The zero-order valence-corrected chi connectivity index (χ0v) is 21.3.